The van der Waals surface area contributed by atoms with Crippen LogP contribution in [-0.2, 0) is 6.54 Å². The van der Waals surface area contributed by atoms with Crippen LogP contribution in [0.3, 0.4) is 0 Å². The normalized spacial score (nSPS) is 10.3. The maximum absolute atomic E-state index is 13.6. The second-order valence-electron chi connectivity index (χ2n) is 4.19. The third-order valence-corrected chi connectivity index (χ3v) is 3.21. The summed E-state index contributed by atoms with van der Waals surface area (Å²) in [6.07, 6.45) is 0. The van der Waals surface area contributed by atoms with Crippen molar-refractivity contribution in [1.82, 2.24) is 0 Å². The van der Waals surface area contributed by atoms with E-state index in [4.69, 9.17) is 9.84 Å². The molecular formula is C15H15BrFNO2. The Balaban J connectivity index is 1.93. The molecular weight excluding hydrogens is 325 g/mol. The van der Waals surface area contributed by atoms with Gasteiger partial charge in [-0.2, -0.15) is 0 Å². The van der Waals surface area contributed by atoms with E-state index < -0.39 is 0 Å². The van der Waals surface area contributed by atoms with Gasteiger partial charge < -0.3 is 15.2 Å². The number of aliphatic hydroxyl groups is 1. The average molecular weight is 340 g/mol. The molecule has 0 amide bonds. The minimum atomic E-state index is -0.241. The maximum atomic E-state index is 13.6. The van der Waals surface area contributed by atoms with Crippen LogP contribution < -0.4 is 10.1 Å². The molecule has 3 nitrogen and oxygen atoms in total. The van der Waals surface area contributed by atoms with Crippen molar-refractivity contribution in [3.8, 4) is 5.75 Å². The van der Waals surface area contributed by atoms with Gasteiger partial charge in [0.25, 0.3) is 0 Å². The van der Waals surface area contributed by atoms with Crippen molar-refractivity contribution in [1.29, 1.82) is 0 Å². The first kappa shape index (κ1) is 14.8. The number of hydrogen-bond acceptors (Lipinski definition) is 3. The smallest absolute Gasteiger partial charge is 0.129 e. The van der Waals surface area contributed by atoms with Crippen molar-refractivity contribution in [2.24, 2.45) is 0 Å². The molecule has 0 heterocycles. The molecule has 20 heavy (non-hydrogen) atoms. The second kappa shape index (κ2) is 7.26. The number of nitrogens with one attached hydrogen (secondary N) is 1. The fourth-order valence-electron chi connectivity index (χ4n) is 1.69. The lowest BCUT2D eigenvalue weighted by atomic mass is 10.2. The van der Waals surface area contributed by atoms with Crippen LogP contribution in [0.2, 0.25) is 0 Å². The summed E-state index contributed by atoms with van der Waals surface area (Å²) < 4.78 is 19.6. The van der Waals surface area contributed by atoms with E-state index in [1.807, 2.05) is 18.2 Å². The first-order chi connectivity index (χ1) is 9.69. The first-order valence-electron chi connectivity index (χ1n) is 6.20. The topological polar surface area (TPSA) is 41.5 Å². The van der Waals surface area contributed by atoms with Gasteiger partial charge in [-0.3, -0.25) is 0 Å². The SMILES string of the molecule is OCCOc1ccc(NCc2ccc(Br)cc2F)cc1. The summed E-state index contributed by atoms with van der Waals surface area (Å²) in [5.41, 5.74) is 1.48. The number of halogens is 2. The van der Waals surface area contributed by atoms with Crippen molar-refractivity contribution in [2.45, 2.75) is 6.54 Å². The summed E-state index contributed by atoms with van der Waals surface area (Å²) >= 11 is 3.23. The highest BCUT2D eigenvalue weighted by molar-refractivity contribution is 9.10. The summed E-state index contributed by atoms with van der Waals surface area (Å²) in [4.78, 5) is 0. The van der Waals surface area contributed by atoms with Crippen molar-refractivity contribution >= 4 is 21.6 Å². The molecule has 2 rings (SSSR count). The Kier molecular flexibility index (Phi) is 5.38. The molecule has 0 saturated carbocycles. The van der Waals surface area contributed by atoms with Crippen LogP contribution in [-0.4, -0.2) is 18.3 Å². The zero-order chi connectivity index (χ0) is 14.4. The van der Waals surface area contributed by atoms with Crippen molar-refractivity contribution in [2.75, 3.05) is 18.5 Å². The Morgan fingerprint density at radius 2 is 1.90 bits per heavy atom. The van der Waals surface area contributed by atoms with Crippen molar-refractivity contribution in [3.05, 3.63) is 58.3 Å². The molecule has 0 aliphatic rings. The average Bonchev–Trinajstić information content (AvgIpc) is 2.45. The van der Waals surface area contributed by atoms with Crippen LogP contribution in [0.25, 0.3) is 0 Å². The van der Waals surface area contributed by atoms with Gasteiger partial charge in [-0.1, -0.05) is 22.0 Å². The van der Waals surface area contributed by atoms with Gasteiger partial charge in [0.05, 0.1) is 6.61 Å². The lowest BCUT2D eigenvalue weighted by molar-refractivity contribution is 0.201. The molecule has 0 unspecified atom stereocenters. The van der Waals surface area contributed by atoms with Gasteiger partial charge in [-0.15, -0.1) is 0 Å². The van der Waals surface area contributed by atoms with Crippen LogP contribution in [0, 0.1) is 5.82 Å². The van der Waals surface area contributed by atoms with E-state index in [1.54, 1.807) is 18.2 Å². The van der Waals surface area contributed by atoms with Gasteiger partial charge in [0.1, 0.15) is 18.2 Å². The molecule has 106 valence electrons. The van der Waals surface area contributed by atoms with Crippen LogP contribution >= 0.6 is 15.9 Å². The van der Waals surface area contributed by atoms with Crippen LogP contribution in [0.15, 0.2) is 46.9 Å². The van der Waals surface area contributed by atoms with Crippen LogP contribution in [0.4, 0.5) is 10.1 Å². The Bertz CT molecular complexity index is 560. The number of ether oxygens (including phenoxy) is 1. The third kappa shape index (κ3) is 4.21. The number of aliphatic hydroxyl groups excluding tert-OH is 1. The Morgan fingerprint density at radius 3 is 2.55 bits per heavy atom. The quantitative estimate of drug-likeness (QED) is 0.845. The molecule has 0 aromatic heterocycles. The van der Waals surface area contributed by atoms with Gasteiger partial charge >= 0.3 is 0 Å². The number of hydrogen-bond donors (Lipinski definition) is 2. The van der Waals surface area contributed by atoms with Crippen molar-refractivity contribution in [3.63, 3.8) is 0 Å². The fraction of sp³-hybridized carbons (Fsp3) is 0.200. The molecule has 0 saturated heterocycles. The molecule has 0 bridgehead atoms. The molecule has 0 radical (unpaired) electrons. The van der Waals surface area contributed by atoms with Gasteiger partial charge in [0.15, 0.2) is 0 Å². The van der Waals surface area contributed by atoms with E-state index in [1.165, 1.54) is 6.07 Å². The predicted octanol–water partition coefficient (Wildman–Crippen LogP) is 3.57. The minimum Gasteiger partial charge on any atom is -0.491 e. The number of benzene rings is 2. The van der Waals surface area contributed by atoms with Gasteiger partial charge in [0.2, 0.25) is 0 Å². The highest BCUT2D eigenvalue weighted by Crippen LogP contribution is 2.19. The summed E-state index contributed by atoms with van der Waals surface area (Å²) in [5, 5.41) is 11.8. The zero-order valence-corrected chi connectivity index (χ0v) is 12.4. The zero-order valence-electron chi connectivity index (χ0n) is 10.8. The summed E-state index contributed by atoms with van der Waals surface area (Å²) in [7, 11) is 0. The van der Waals surface area contributed by atoms with Crippen LogP contribution in [0.1, 0.15) is 5.56 Å². The fourth-order valence-corrected chi connectivity index (χ4v) is 2.03. The van der Waals surface area contributed by atoms with E-state index in [0.717, 1.165) is 10.2 Å². The van der Waals surface area contributed by atoms with Crippen LogP contribution in [0.5, 0.6) is 5.75 Å². The lowest BCUT2D eigenvalue weighted by Crippen LogP contribution is -2.03. The Labute approximate surface area is 125 Å². The van der Waals surface area contributed by atoms with E-state index >= 15 is 0 Å². The summed E-state index contributed by atoms with van der Waals surface area (Å²) in [5.74, 6) is 0.453. The molecule has 2 N–H and O–H groups in total. The highest BCUT2D eigenvalue weighted by Gasteiger charge is 2.02. The molecule has 0 spiro atoms. The van der Waals surface area contributed by atoms with E-state index in [9.17, 15) is 4.39 Å². The number of anilines is 1. The largest absolute Gasteiger partial charge is 0.491 e. The van der Waals surface area contributed by atoms with E-state index in [-0.39, 0.29) is 19.0 Å². The lowest BCUT2D eigenvalue weighted by Gasteiger charge is -2.09. The second-order valence-corrected chi connectivity index (χ2v) is 5.10. The molecule has 0 aliphatic heterocycles. The Hall–Kier alpha value is -1.59. The first-order valence-corrected chi connectivity index (χ1v) is 7.00. The molecule has 0 atom stereocenters. The van der Waals surface area contributed by atoms with E-state index in [0.29, 0.717) is 17.9 Å². The summed E-state index contributed by atoms with van der Waals surface area (Å²) in [6.45, 7) is 0.676. The monoisotopic (exact) mass is 339 g/mol. The molecule has 5 heteroatoms. The maximum Gasteiger partial charge on any atom is 0.129 e. The van der Waals surface area contributed by atoms with Crippen molar-refractivity contribution < 1.29 is 14.2 Å². The molecule has 2 aromatic carbocycles. The number of rotatable bonds is 6. The summed E-state index contributed by atoms with van der Waals surface area (Å²) in [6, 6.07) is 12.3. The third-order valence-electron chi connectivity index (χ3n) is 2.71. The molecule has 0 fully saturated rings. The van der Waals surface area contributed by atoms with E-state index in [2.05, 4.69) is 21.2 Å². The standard InChI is InChI=1S/C15H15BrFNO2/c16-12-2-1-11(15(17)9-12)10-18-13-3-5-14(6-4-13)20-8-7-19/h1-6,9,18-19H,7-8,10H2. The minimum absolute atomic E-state index is 0.0111. The highest BCUT2D eigenvalue weighted by atomic mass is 79.9. The Morgan fingerprint density at radius 1 is 1.15 bits per heavy atom. The predicted molar refractivity (Wildman–Crippen MR) is 80.4 cm³/mol. The van der Waals surface area contributed by atoms with Gasteiger partial charge in [0, 0.05) is 22.3 Å². The van der Waals surface area contributed by atoms with Gasteiger partial charge in [-0.05, 0) is 36.4 Å². The molecule has 2 aromatic rings. The van der Waals surface area contributed by atoms with Gasteiger partial charge in [-0.25, -0.2) is 4.39 Å². The molecule has 0 aliphatic carbocycles.